The van der Waals surface area contributed by atoms with Crippen molar-refractivity contribution in [2.45, 2.75) is 45.6 Å². The maximum absolute atomic E-state index is 12.7. The Labute approximate surface area is 148 Å². The van der Waals surface area contributed by atoms with E-state index >= 15 is 0 Å². The number of methoxy groups -OCH3 is 2. The number of carboxylic acids is 1. The van der Waals surface area contributed by atoms with E-state index in [4.69, 9.17) is 9.47 Å². The summed E-state index contributed by atoms with van der Waals surface area (Å²) in [4.78, 5) is 25.8. The summed E-state index contributed by atoms with van der Waals surface area (Å²) in [5, 5.41) is 9.35. The Hall–Kier alpha value is -2.24. The second-order valence-electron chi connectivity index (χ2n) is 6.57. The number of aliphatic carboxylic acids is 1. The van der Waals surface area contributed by atoms with Gasteiger partial charge in [-0.15, -0.1) is 0 Å². The fourth-order valence-corrected chi connectivity index (χ4v) is 3.27. The summed E-state index contributed by atoms with van der Waals surface area (Å²) in [5.41, 5.74) is 1.85. The van der Waals surface area contributed by atoms with Gasteiger partial charge >= 0.3 is 5.97 Å². The molecule has 0 aliphatic carbocycles. The highest BCUT2D eigenvalue weighted by Gasteiger charge is 2.33. The van der Waals surface area contributed by atoms with Crippen LogP contribution in [-0.4, -0.2) is 42.6 Å². The van der Waals surface area contributed by atoms with Crippen LogP contribution in [0.4, 0.5) is 0 Å². The lowest BCUT2D eigenvalue weighted by Gasteiger charge is -2.37. The van der Waals surface area contributed by atoms with E-state index in [-0.39, 0.29) is 18.2 Å². The fraction of sp³-hybridized carbons (Fsp3) is 0.579. The number of amides is 1. The van der Waals surface area contributed by atoms with Crippen molar-refractivity contribution < 1.29 is 24.2 Å². The predicted octanol–water partition coefficient (Wildman–Crippen LogP) is 3.04. The van der Waals surface area contributed by atoms with Gasteiger partial charge in [0.15, 0.2) is 11.5 Å². The maximum Gasteiger partial charge on any atom is 0.305 e. The van der Waals surface area contributed by atoms with E-state index in [1.165, 1.54) is 0 Å². The molecule has 6 nitrogen and oxygen atoms in total. The standard InChI is InChI=1S/C19H27NO5/c1-5-12(2)8-18(21)20-7-6-13-9-16(24-3)17(25-4)10-14(13)15(20)11-19(22)23/h9-10,12,15H,5-8,11H2,1-4H3,(H,22,23). The second-order valence-corrected chi connectivity index (χ2v) is 6.57. The van der Waals surface area contributed by atoms with Gasteiger partial charge in [0.1, 0.15) is 0 Å². The Kier molecular flexibility index (Phi) is 6.28. The van der Waals surface area contributed by atoms with Crippen molar-refractivity contribution in [1.29, 1.82) is 0 Å². The summed E-state index contributed by atoms with van der Waals surface area (Å²) in [6.45, 7) is 4.61. The van der Waals surface area contributed by atoms with Crippen LogP contribution in [0.25, 0.3) is 0 Å². The van der Waals surface area contributed by atoms with Crippen LogP contribution in [0.1, 0.15) is 50.3 Å². The van der Waals surface area contributed by atoms with Crippen molar-refractivity contribution in [1.82, 2.24) is 4.90 Å². The molecule has 25 heavy (non-hydrogen) atoms. The van der Waals surface area contributed by atoms with Crippen LogP contribution in [0.15, 0.2) is 12.1 Å². The molecule has 1 aromatic carbocycles. The van der Waals surface area contributed by atoms with Crippen molar-refractivity contribution in [3.63, 3.8) is 0 Å². The van der Waals surface area contributed by atoms with E-state index in [0.717, 1.165) is 17.5 Å². The van der Waals surface area contributed by atoms with Crippen LogP contribution in [0.2, 0.25) is 0 Å². The quantitative estimate of drug-likeness (QED) is 0.819. The lowest BCUT2D eigenvalue weighted by molar-refractivity contribution is -0.141. The molecule has 2 unspecified atom stereocenters. The Bertz CT molecular complexity index is 643. The van der Waals surface area contributed by atoms with Crippen molar-refractivity contribution in [2.75, 3.05) is 20.8 Å². The number of rotatable bonds is 7. The lowest BCUT2D eigenvalue weighted by atomic mass is 9.89. The Morgan fingerprint density at radius 3 is 2.48 bits per heavy atom. The smallest absolute Gasteiger partial charge is 0.305 e. The van der Waals surface area contributed by atoms with Crippen LogP contribution in [-0.2, 0) is 16.0 Å². The minimum Gasteiger partial charge on any atom is -0.493 e. The third-order valence-corrected chi connectivity index (χ3v) is 4.91. The minimum absolute atomic E-state index is 0.0148. The van der Waals surface area contributed by atoms with Crippen LogP contribution < -0.4 is 9.47 Å². The molecule has 0 aromatic heterocycles. The average molecular weight is 349 g/mol. The molecule has 1 aliphatic heterocycles. The summed E-state index contributed by atoms with van der Waals surface area (Å²) in [6, 6.07) is 3.22. The summed E-state index contributed by atoms with van der Waals surface area (Å²) >= 11 is 0. The molecule has 1 aromatic rings. The van der Waals surface area contributed by atoms with Crippen LogP contribution in [0.5, 0.6) is 11.5 Å². The first-order chi connectivity index (χ1) is 11.9. The number of nitrogens with zero attached hydrogens (tertiary/aromatic N) is 1. The van der Waals surface area contributed by atoms with Gasteiger partial charge in [-0.05, 0) is 35.6 Å². The molecule has 0 bridgehead atoms. The molecule has 0 saturated heterocycles. The van der Waals surface area contributed by atoms with E-state index in [2.05, 4.69) is 6.92 Å². The van der Waals surface area contributed by atoms with Crippen molar-refractivity contribution in [3.05, 3.63) is 23.3 Å². The highest BCUT2D eigenvalue weighted by molar-refractivity contribution is 5.79. The molecule has 1 N–H and O–H groups in total. The van der Waals surface area contributed by atoms with Gasteiger partial charge < -0.3 is 19.5 Å². The zero-order valence-corrected chi connectivity index (χ0v) is 15.4. The molecule has 1 amide bonds. The number of fused-ring (bicyclic) bond motifs is 1. The van der Waals surface area contributed by atoms with Gasteiger partial charge in [0.25, 0.3) is 0 Å². The molecule has 0 fully saturated rings. The number of carbonyl (C=O) groups is 2. The summed E-state index contributed by atoms with van der Waals surface area (Å²) in [6.07, 6.45) is 1.92. The zero-order chi connectivity index (χ0) is 18.6. The molecule has 0 saturated carbocycles. The van der Waals surface area contributed by atoms with Gasteiger partial charge in [0.05, 0.1) is 26.7 Å². The molecule has 0 radical (unpaired) electrons. The highest BCUT2D eigenvalue weighted by atomic mass is 16.5. The van der Waals surface area contributed by atoms with Gasteiger partial charge in [-0.2, -0.15) is 0 Å². The van der Waals surface area contributed by atoms with Crippen LogP contribution >= 0.6 is 0 Å². The summed E-state index contributed by atoms with van der Waals surface area (Å²) in [7, 11) is 3.12. The van der Waals surface area contributed by atoms with Crippen LogP contribution in [0, 0.1) is 5.92 Å². The number of ether oxygens (including phenoxy) is 2. The van der Waals surface area contributed by atoms with Crippen LogP contribution in [0.3, 0.4) is 0 Å². The highest BCUT2D eigenvalue weighted by Crippen LogP contribution is 2.39. The first-order valence-corrected chi connectivity index (χ1v) is 8.67. The third kappa shape index (κ3) is 4.24. The lowest BCUT2D eigenvalue weighted by Crippen LogP contribution is -2.41. The normalized spacial score (nSPS) is 17.6. The van der Waals surface area contributed by atoms with Gasteiger partial charge in [-0.3, -0.25) is 9.59 Å². The maximum atomic E-state index is 12.7. The number of hydrogen-bond acceptors (Lipinski definition) is 4. The number of benzene rings is 1. The predicted molar refractivity (Wildman–Crippen MR) is 94.0 cm³/mol. The largest absolute Gasteiger partial charge is 0.493 e. The molecule has 138 valence electrons. The second kappa shape index (κ2) is 8.23. The van der Waals surface area contributed by atoms with Gasteiger partial charge in [0.2, 0.25) is 5.91 Å². The molecule has 1 heterocycles. The molecular weight excluding hydrogens is 322 g/mol. The molecule has 1 aliphatic rings. The van der Waals surface area contributed by atoms with Gasteiger partial charge in [0, 0.05) is 13.0 Å². The summed E-state index contributed by atoms with van der Waals surface area (Å²) < 4.78 is 10.7. The van der Waals surface area contributed by atoms with E-state index < -0.39 is 12.0 Å². The van der Waals surface area contributed by atoms with Crippen molar-refractivity contribution in [2.24, 2.45) is 5.92 Å². The first kappa shape index (κ1) is 19.1. The van der Waals surface area contributed by atoms with Crippen molar-refractivity contribution in [3.8, 4) is 11.5 Å². The molecule has 6 heteroatoms. The number of hydrogen-bond donors (Lipinski definition) is 1. The van der Waals surface area contributed by atoms with Gasteiger partial charge in [-0.1, -0.05) is 20.3 Å². The van der Waals surface area contributed by atoms with E-state index in [9.17, 15) is 14.7 Å². The topological polar surface area (TPSA) is 76.1 Å². The van der Waals surface area contributed by atoms with E-state index in [1.807, 2.05) is 19.1 Å². The van der Waals surface area contributed by atoms with Crippen molar-refractivity contribution >= 4 is 11.9 Å². The SMILES string of the molecule is CCC(C)CC(=O)N1CCc2cc(OC)c(OC)cc2C1CC(=O)O. The molecule has 2 rings (SSSR count). The van der Waals surface area contributed by atoms with Gasteiger partial charge in [-0.25, -0.2) is 0 Å². The van der Waals surface area contributed by atoms with E-state index in [0.29, 0.717) is 30.9 Å². The first-order valence-electron chi connectivity index (χ1n) is 8.67. The minimum atomic E-state index is -0.922. The third-order valence-electron chi connectivity index (χ3n) is 4.91. The number of carbonyl (C=O) groups excluding carboxylic acids is 1. The fourth-order valence-electron chi connectivity index (χ4n) is 3.27. The molecule has 2 atom stereocenters. The summed E-state index contributed by atoms with van der Waals surface area (Å²) in [5.74, 6) is 0.544. The Balaban J connectivity index is 2.40. The Morgan fingerprint density at radius 2 is 1.92 bits per heavy atom. The molecular formula is C19H27NO5. The Morgan fingerprint density at radius 1 is 1.28 bits per heavy atom. The van der Waals surface area contributed by atoms with E-state index in [1.54, 1.807) is 19.1 Å². The number of carboxylic acid groups (broad SMARTS) is 1. The zero-order valence-electron chi connectivity index (χ0n) is 15.4. The molecule has 0 spiro atoms. The average Bonchev–Trinajstić information content (AvgIpc) is 2.59. The monoisotopic (exact) mass is 349 g/mol.